The van der Waals surface area contributed by atoms with E-state index in [4.69, 9.17) is 14.9 Å². The van der Waals surface area contributed by atoms with Crippen LogP contribution in [0.25, 0.3) is 11.1 Å². The Labute approximate surface area is 182 Å². The first kappa shape index (κ1) is 22.3. The fourth-order valence-corrected chi connectivity index (χ4v) is 3.96. The van der Waals surface area contributed by atoms with Crippen molar-refractivity contribution in [3.8, 4) is 0 Å². The number of hydrogen-bond acceptors (Lipinski definition) is 5. The number of carbonyl (C=O) groups is 1. The van der Waals surface area contributed by atoms with Gasteiger partial charge in [-0.1, -0.05) is 44.2 Å². The Hall–Kier alpha value is -2.41. The van der Waals surface area contributed by atoms with Crippen LogP contribution in [-0.4, -0.2) is 29.1 Å². The molecule has 2 aromatic carbocycles. The molecule has 1 aliphatic carbocycles. The van der Waals surface area contributed by atoms with Crippen molar-refractivity contribution >= 4 is 35.1 Å². The molecule has 0 radical (unpaired) electrons. The number of carbonyl (C=O) groups excluding carboxylic acids is 1. The largest absolute Gasteiger partial charge is 0.440 e. The maximum absolute atomic E-state index is 12.9. The smallest absolute Gasteiger partial charge is 0.245 e. The van der Waals surface area contributed by atoms with Gasteiger partial charge in [-0.05, 0) is 24.6 Å². The monoisotopic (exact) mass is 429 g/mol. The number of hydrogen-bond donors (Lipinski definition) is 2. The van der Waals surface area contributed by atoms with E-state index in [9.17, 15) is 4.79 Å². The fraction of sp³-hybridized carbons (Fsp3) is 0.391. The van der Waals surface area contributed by atoms with Crippen molar-refractivity contribution in [2.45, 2.75) is 45.3 Å². The molecule has 30 heavy (non-hydrogen) atoms. The zero-order valence-corrected chi connectivity index (χ0v) is 18.3. The van der Waals surface area contributed by atoms with E-state index in [1.807, 2.05) is 63.2 Å². The van der Waals surface area contributed by atoms with Crippen LogP contribution < -0.4 is 11.1 Å². The molecule has 0 bridgehead atoms. The minimum atomic E-state index is -0.971. The maximum atomic E-state index is 12.9. The van der Waals surface area contributed by atoms with Crippen molar-refractivity contribution in [1.82, 2.24) is 4.98 Å². The molecule has 160 valence electrons. The number of oxazole rings is 1. The van der Waals surface area contributed by atoms with Gasteiger partial charge in [-0.3, -0.25) is 4.79 Å². The highest BCUT2D eigenvalue weighted by atomic mass is 35.5. The molecule has 1 amide bonds. The van der Waals surface area contributed by atoms with E-state index in [0.717, 1.165) is 11.1 Å². The Morgan fingerprint density at radius 2 is 2.00 bits per heavy atom. The van der Waals surface area contributed by atoms with Crippen molar-refractivity contribution in [1.29, 1.82) is 0 Å². The van der Waals surface area contributed by atoms with Crippen molar-refractivity contribution in [2.75, 3.05) is 11.9 Å². The second-order valence-corrected chi connectivity index (χ2v) is 8.25. The normalized spacial score (nSPS) is 22.2. The molecule has 0 saturated heterocycles. The first-order chi connectivity index (χ1) is 13.8. The zero-order chi connectivity index (χ0) is 20.6. The highest BCUT2D eigenvalue weighted by Crippen LogP contribution is 2.50. The summed E-state index contributed by atoms with van der Waals surface area (Å²) in [6.45, 7) is 6.52. The number of nitrogens with two attached hydrogens (primary N) is 1. The van der Waals surface area contributed by atoms with E-state index in [0.29, 0.717) is 36.6 Å². The minimum absolute atomic E-state index is 0. The van der Waals surface area contributed by atoms with Gasteiger partial charge in [-0.15, -0.1) is 12.4 Å². The van der Waals surface area contributed by atoms with E-state index in [1.54, 1.807) is 6.07 Å². The maximum Gasteiger partial charge on any atom is 0.245 e. The molecule has 3 N–H and O–H groups in total. The molecule has 1 aliphatic rings. The van der Waals surface area contributed by atoms with E-state index in [1.165, 1.54) is 0 Å². The molecule has 7 heteroatoms. The van der Waals surface area contributed by atoms with Crippen molar-refractivity contribution in [3.05, 3.63) is 60.0 Å². The average molecular weight is 430 g/mol. The highest BCUT2D eigenvalue weighted by Gasteiger charge is 2.62. The number of rotatable bonds is 6. The average Bonchev–Trinajstić information content (AvgIpc) is 3.09. The molecular formula is C23H28ClN3O3. The number of fused-ring (bicyclic) bond motifs is 1. The molecule has 6 nitrogen and oxygen atoms in total. The van der Waals surface area contributed by atoms with Gasteiger partial charge in [0.1, 0.15) is 11.1 Å². The quantitative estimate of drug-likeness (QED) is 0.609. The predicted molar refractivity (Wildman–Crippen MR) is 120 cm³/mol. The minimum Gasteiger partial charge on any atom is -0.440 e. The number of aromatic nitrogens is 1. The molecule has 3 aromatic rings. The molecule has 1 aromatic heterocycles. The SMILES string of the molecule is CCOC1CC(N)(C(=O)Nc2ccc3nc(Cc4ccccc4)oc3c2)C1(C)C.Cl. The standard InChI is InChI=1S/C23H27N3O3.ClH/c1-4-28-19-14-23(24,22(19,2)3)21(27)25-16-10-11-17-18(13-16)29-20(26-17)12-15-8-6-5-7-9-15;/h5-11,13,19H,4,12,14,24H2,1-3H3,(H,25,27);1H. The van der Waals surface area contributed by atoms with Crippen LogP contribution in [0.4, 0.5) is 5.69 Å². The van der Waals surface area contributed by atoms with Crippen molar-refractivity contribution in [2.24, 2.45) is 11.1 Å². The number of nitrogens with zero attached hydrogens (tertiary/aromatic N) is 1. The summed E-state index contributed by atoms with van der Waals surface area (Å²) in [7, 11) is 0. The van der Waals surface area contributed by atoms with Gasteiger partial charge < -0.3 is 20.2 Å². The summed E-state index contributed by atoms with van der Waals surface area (Å²) in [4.78, 5) is 17.5. The Kier molecular flexibility index (Phi) is 6.22. The lowest BCUT2D eigenvalue weighted by Crippen LogP contribution is -2.74. The molecule has 2 unspecified atom stereocenters. The summed E-state index contributed by atoms with van der Waals surface area (Å²) < 4.78 is 11.6. The van der Waals surface area contributed by atoms with E-state index >= 15 is 0 Å². The first-order valence-corrected chi connectivity index (χ1v) is 9.99. The fourth-order valence-electron chi connectivity index (χ4n) is 3.96. The van der Waals surface area contributed by atoms with Crippen molar-refractivity contribution < 1.29 is 13.9 Å². The summed E-state index contributed by atoms with van der Waals surface area (Å²) >= 11 is 0. The molecule has 1 fully saturated rings. The van der Waals surface area contributed by atoms with Crippen LogP contribution in [0.1, 0.15) is 38.6 Å². The Morgan fingerprint density at radius 3 is 2.67 bits per heavy atom. The third kappa shape index (κ3) is 3.83. The summed E-state index contributed by atoms with van der Waals surface area (Å²) in [5.41, 5.74) is 8.24. The number of anilines is 1. The highest BCUT2D eigenvalue weighted by molar-refractivity contribution is 6.00. The second-order valence-electron chi connectivity index (χ2n) is 8.25. The number of amides is 1. The number of ether oxygens (including phenoxy) is 1. The van der Waals surface area contributed by atoms with Crippen LogP contribution in [0.2, 0.25) is 0 Å². The van der Waals surface area contributed by atoms with Crippen LogP contribution in [0.5, 0.6) is 0 Å². The molecule has 2 atom stereocenters. The summed E-state index contributed by atoms with van der Waals surface area (Å²) in [6, 6.07) is 15.5. The Balaban J connectivity index is 0.00000256. The van der Waals surface area contributed by atoms with Gasteiger partial charge in [0, 0.05) is 36.6 Å². The zero-order valence-electron chi connectivity index (χ0n) is 17.5. The van der Waals surface area contributed by atoms with Gasteiger partial charge in [0.25, 0.3) is 0 Å². The predicted octanol–water partition coefficient (Wildman–Crippen LogP) is 4.31. The van der Waals surface area contributed by atoms with Crippen LogP contribution in [0.15, 0.2) is 52.9 Å². The Morgan fingerprint density at radius 1 is 1.27 bits per heavy atom. The second kappa shape index (κ2) is 8.38. The van der Waals surface area contributed by atoms with Gasteiger partial charge in [-0.25, -0.2) is 4.98 Å². The number of benzene rings is 2. The summed E-state index contributed by atoms with van der Waals surface area (Å²) in [5, 5.41) is 2.95. The van der Waals surface area contributed by atoms with E-state index in [-0.39, 0.29) is 24.4 Å². The molecule has 0 aliphatic heterocycles. The molecule has 1 heterocycles. The lowest BCUT2D eigenvalue weighted by atomic mass is 9.54. The third-order valence-electron chi connectivity index (χ3n) is 6.12. The van der Waals surface area contributed by atoms with Gasteiger partial charge in [0.15, 0.2) is 11.5 Å². The van der Waals surface area contributed by atoms with E-state index in [2.05, 4.69) is 10.3 Å². The number of nitrogens with one attached hydrogen (secondary N) is 1. The lowest BCUT2D eigenvalue weighted by molar-refractivity contribution is -0.166. The number of halogens is 1. The van der Waals surface area contributed by atoms with Gasteiger partial charge in [-0.2, -0.15) is 0 Å². The molecule has 4 rings (SSSR count). The first-order valence-electron chi connectivity index (χ1n) is 9.99. The van der Waals surface area contributed by atoms with Gasteiger partial charge in [0.05, 0.1) is 6.10 Å². The molecular weight excluding hydrogens is 402 g/mol. The van der Waals surface area contributed by atoms with Crippen LogP contribution >= 0.6 is 12.4 Å². The van der Waals surface area contributed by atoms with Gasteiger partial charge in [0.2, 0.25) is 5.91 Å². The lowest BCUT2D eigenvalue weighted by Gasteiger charge is -2.57. The van der Waals surface area contributed by atoms with Crippen LogP contribution in [0, 0.1) is 5.41 Å². The van der Waals surface area contributed by atoms with Crippen molar-refractivity contribution in [3.63, 3.8) is 0 Å². The van der Waals surface area contributed by atoms with E-state index < -0.39 is 11.0 Å². The summed E-state index contributed by atoms with van der Waals surface area (Å²) in [6.07, 6.45) is 1.11. The summed E-state index contributed by atoms with van der Waals surface area (Å²) in [5.74, 6) is 0.437. The topological polar surface area (TPSA) is 90.4 Å². The third-order valence-corrected chi connectivity index (χ3v) is 6.12. The van der Waals surface area contributed by atoms with Crippen LogP contribution in [-0.2, 0) is 16.0 Å². The molecule has 0 spiro atoms. The van der Waals surface area contributed by atoms with Gasteiger partial charge >= 0.3 is 0 Å². The van der Waals surface area contributed by atoms with Crippen LogP contribution in [0.3, 0.4) is 0 Å². The Bertz CT molecular complexity index is 1030. The molecule has 1 saturated carbocycles.